The van der Waals surface area contributed by atoms with Crippen LogP contribution in [0.1, 0.15) is 57.2 Å². The van der Waals surface area contributed by atoms with Crippen LogP contribution in [-0.2, 0) is 21.4 Å². The Morgan fingerprint density at radius 1 is 1.20 bits per heavy atom. The number of nitrogens with zero attached hydrogens (tertiary/aromatic N) is 1. The molecule has 1 aromatic rings. The third-order valence-electron chi connectivity index (χ3n) is 5.22. The average Bonchev–Trinajstić information content (AvgIpc) is 2.55. The lowest BCUT2D eigenvalue weighted by molar-refractivity contribution is -0.133. The molecule has 1 N–H and O–H groups in total. The van der Waals surface area contributed by atoms with Crippen molar-refractivity contribution in [3.8, 4) is 0 Å². The smallest absolute Gasteiger partial charge is 0.223 e. The molecule has 0 saturated carbocycles. The summed E-state index contributed by atoms with van der Waals surface area (Å²) in [6.07, 6.45) is 2.39. The minimum absolute atomic E-state index is 0.0395. The minimum Gasteiger partial charge on any atom is -0.356 e. The topological polar surface area (TPSA) is 49.4 Å². The Balaban J connectivity index is 1.85. The number of nitrogens with one attached hydrogen (secondary N) is 1. The number of hydrogen-bond donors (Lipinski definition) is 1. The lowest BCUT2D eigenvalue weighted by Crippen LogP contribution is -2.42. The van der Waals surface area contributed by atoms with E-state index in [1.54, 1.807) is 6.92 Å². The molecule has 138 valence electrons. The molecule has 1 heterocycles. The molecule has 2 amide bonds. The van der Waals surface area contributed by atoms with Gasteiger partial charge in [-0.3, -0.25) is 9.59 Å². The van der Waals surface area contributed by atoms with Crippen LogP contribution in [0.15, 0.2) is 18.2 Å². The molecule has 1 aromatic carbocycles. The molecule has 0 aromatic heterocycles. The lowest BCUT2D eigenvalue weighted by Gasteiger charge is -2.30. The van der Waals surface area contributed by atoms with Crippen LogP contribution in [0.3, 0.4) is 0 Å². The van der Waals surface area contributed by atoms with Gasteiger partial charge in [0, 0.05) is 32.5 Å². The molecule has 0 spiro atoms. The van der Waals surface area contributed by atoms with Gasteiger partial charge in [-0.1, -0.05) is 39.0 Å². The van der Waals surface area contributed by atoms with Gasteiger partial charge in [-0.15, -0.1) is 0 Å². The summed E-state index contributed by atoms with van der Waals surface area (Å²) in [5.74, 6) is 0.276. The maximum absolute atomic E-state index is 12.4. The summed E-state index contributed by atoms with van der Waals surface area (Å²) >= 11 is 0. The molecule has 4 heteroatoms. The van der Waals surface area contributed by atoms with Crippen molar-refractivity contribution in [2.75, 3.05) is 19.6 Å². The fourth-order valence-corrected chi connectivity index (χ4v) is 3.33. The Bertz CT molecular complexity index is 623. The molecule has 0 radical (unpaired) electrons. The average molecular weight is 344 g/mol. The van der Waals surface area contributed by atoms with Gasteiger partial charge in [0.1, 0.15) is 0 Å². The van der Waals surface area contributed by atoms with E-state index in [9.17, 15) is 9.59 Å². The number of piperidine rings is 1. The number of hydrogen-bond acceptors (Lipinski definition) is 2. The van der Waals surface area contributed by atoms with Gasteiger partial charge in [-0.2, -0.15) is 0 Å². The van der Waals surface area contributed by atoms with Crippen LogP contribution >= 0.6 is 0 Å². The van der Waals surface area contributed by atoms with Gasteiger partial charge < -0.3 is 10.2 Å². The van der Waals surface area contributed by atoms with Crippen LogP contribution in [0, 0.1) is 12.8 Å². The zero-order valence-corrected chi connectivity index (χ0v) is 16.3. The van der Waals surface area contributed by atoms with Gasteiger partial charge in [0.05, 0.1) is 0 Å². The van der Waals surface area contributed by atoms with E-state index in [4.69, 9.17) is 0 Å². The van der Waals surface area contributed by atoms with Gasteiger partial charge in [0.2, 0.25) is 11.8 Å². The first-order valence-electron chi connectivity index (χ1n) is 9.31. The van der Waals surface area contributed by atoms with E-state index in [0.717, 1.165) is 19.3 Å². The van der Waals surface area contributed by atoms with Crippen LogP contribution in [0.25, 0.3) is 0 Å². The van der Waals surface area contributed by atoms with Crippen molar-refractivity contribution < 1.29 is 9.59 Å². The molecule has 25 heavy (non-hydrogen) atoms. The van der Waals surface area contributed by atoms with Gasteiger partial charge in [-0.05, 0) is 48.3 Å². The Kier molecular flexibility index (Phi) is 6.26. The minimum atomic E-state index is 0.0395. The van der Waals surface area contributed by atoms with Crippen molar-refractivity contribution >= 4 is 11.8 Å². The van der Waals surface area contributed by atoms with E-state index in [0.29, 0.717) is 19.6 Å². The summed E-state index contributed by atoms with van der Waals surface area (Å²) < 4.78 is 0. The molecular weight excluding hydrogens is 312 g/mol. The van der Waals surface area contributed by atoms with Crippen molar-refractivity contribution in [2.24, 2.45) is 5.92 Å². The van der Waals surface area contributed by atoms with Gasteiger partial charge >= 0.3 is 0 Å². The van der Waals surface area contributed by atoms with E-state index in [1.807, 2.05) is 4.90 Å². The first-order chi connectivity index (χ1) is 11.7. The highest BCUT2D eigenvalue weighted by Crippen LogP contribution is 2.24. The van der Waals surface area contributed by atoms with Crippen molar-refractivity contribution in [3.05, 3.63) is 34.9 Å². The highest BCUT2D eigenvalue weighted by atomic mass is 16.2. The second-order valence-electron chi connectivity index (χ2n) is 8.21. The second-order valence-corrected chi connectivity index (χ2v) is 8.21. The van der Waals surface area contributed by atoms with Crippen molar-refractivity contribution in [1.29, 1.82) is 0 Å². The largest absolute Gasteiger partial charge is 0.356 e. The first kappa shape index (κ1) is 19.5. The molecule has 1 saturated heterocycles. The third kappa shape index (κ3) is 5.32. The maximum atomic E-state index is 12.4. The Hall–Kier alpha value is -1.84. The molecule has 0 atom stereocenters. The lowest BCUT2D eigenvalue weighted by atomic mass is 9.85. The van der Waals surface area contributed by atoms with Gasteiger partial charge in [0.15, 0.2) is 0 Å². The molecule has 0 unspecified atom stereocenters. The van der Waals surface area contributed by atoms with Crippen LogP contribution in [0.4, 0.5) is 0 Å². The Morgan fingerprint density at radius 3 is 2.40 bits per heavy atom. The van der Waals surface area contributed by atoms with Crippen LogP contribution in [-0.4, -0.2) is 36.3 Å². The molecule has 1 aliphatic heterocycles. The monoisotopic (exact) mass is 344 g/mol. The fraction of sp³-hybridized carbons (Fsp3) is 0.619. The van der Waals surface area contributed by atoms with Gasteiger partial charge in [-0.25, -0.2) is 0 Å². The number of carbonyl (C=O) groups is 2. The standard InChI is InChI=1S/C21H32N2O2/c1-15-6-7-19(21(3,4)5)14-18(15)8-11-22-20(25)17-9-12-23(13-10-17)16(2)24/h6-7,14,17H,8-13H2,1-5H3,(H,22,25). The molecule has 4 nitrogen and oxygen atoms in total. The molecule has 1 aliphatic rings. The normalized spacial score (nSPS) is 16.0. The number of likely N-dealkylation sites (tertiary alicyclic amines) is 1. The number of carbonyl (C=O) groups excluding carboxylic acids is 2. The predicted molar refractivity (Wildman–Crippen MR) is 102 cm³/mol. The molecule has 2 rings (SSSR count). The SMILES string of the molecule is CC(=O)N1CCC(C(=O)NCCc2cc(C(C)(C)C)ccc2C)CC1. The van der Waals surface area contributed by atoms with Crippen LogP contribution < -0.4 is 5.32 Å². The van der Waals surface area contributed by atoms with E-state index in [1.165, 1.54) is 16.7 Å². The summed E-state index contributed by atoms with van der Waals surface area (Å²) in [6.45, 7) is 12.4. The highest BCUT2D eigenvalue weighted by molar-refractivity contribution is 5.79. The van der Waals surface area contributed by atoms with Crippen molar-refractivity contribution in [3.63, 3.8) is 0 Å². The van der Waals surface area contributed by atoms with Crippen molar-refractivity contribution in [2.45, 2.75) is 59.3 Å². The quantitative estimate of drug-likeness (QED) is 0.912. The zero-order valence-electron chi connectivity index (χ0n) is 16.3. The number of benzene rings is 1. The number of rotatable bonds is 4. The highest BCUT2D eigenvalue weighted by Gasteiger charge is 2.25. The van der Waals surface area contributed by atoms with E-state index in [-0.39, 0.29) is 23.1 Å². The van der Waals surface area contributed by atoms with E-state index < -0.39 is 0 Å². The Morgan fingerprint density at radius 2 is 1.84 bits per heavy atom. The van der Waals surface area contributed by atoms with E-state index in [2.05, 4.69) is 51.2 Å². The third-order valence-corrected chi connectivity index (χ3v) is 5.22. The number of aryl methyl sites for hydroxylation is 1. The summed E-state index contributed by atoms with van der Waals surface area (Å²) in [4.78, 5) is 25.5. The molecule has 0 bridgehead atoms. The second kappa shape index (κ2) is 8.03. The van der Waals surface area contributed by atoms with Gasteiger partial charge in [0.25, 0.3) is 0 Å². The first-order valence-corrected chi connectivity index (χ1v) is 9.31. The van der Waals surface area contributed by atoms with Crippen molar-refractivity contribution in [1.82, 2.24) is 10.2 Å². The fourth-order valence-electron chi connectivity index (χ4n) is 3.33. The molecule has 0 aliphatic carbocycles. The van der Waals surface area contributed by atoms with Crippen LogP contribution in [0.2, 0.25) is 0 Å². The van der Waals surface area contributed by atoms with Crippen LogP contribution in [0.5, 0.6) is 0 Å². The molecular formula is C21H32N2O2. The molecule has 1 fully saturated rings. The summed E-state index contributed by atoms with van der Waals surface area (Å²) in [5.41, 5.74) is 4.04. The number of amides is 2. The zero-order chi connectivity index (χ0) is 18.6. The summed E-state index contributed by atoms with van der Waals surface area (Å²) in [5, 5.41) is 3.09. The Labute approximate surface area is 152 Å². The summed E-state index contributed by atoms with van der Waals surface area (Å²) in [7, 11) is 0. The predicted octanol–water partition coefficient (Wildman–Crippen LogP) is 3.21. The summed E-state index contributed by atoms with van der Waals surface area (Å²) in [6, 6.07) is 6.64. The maximum Gasteiger partial charge on any atom is 0.223 e. The van der Waals surface area contributed by atoms with E-state index >= 15 is 0 Å².